The van der Waals surface area contributed by atoms with E-state index in [4.69, 9.17) is 0 Å². The van der Waals surface area contributed by atoms with Crippen molar-refractivity contribution in [2.75, 3.05) is 0 Å². The van der Waals surface area contributed by atoms with Gasteiger partial charge in [-0.2, -0.15) is 5.26 Å². The lowest BCUT2D eigenvalue weighted by Gasteiger charge is -2.40. The molecule has 2 fully saturated rings. The molecular weight excluding hydrogens is 278 g/mol. The van der Waals surface area contributed by atoms with Crippen LogP contribution >= 0.6 is 0 Å². The van der Waals surface area contributed by atoms with Crippen LogP contribution in [0.1, 0.15) is 97.3 Å². The van der Waals surface area contributed by atoms with E-state index in [2.05, 4.69) is 32.1 Å². The van der Waals surface area contributed by atoms with Crippen molar-refractivity contribution in [1.29, 1.82) is 5.26 Å². The maximum absolute atomic E-state index is 9.68. The van der Waals surface area contributed by atoms with Gasteiger partial charge in [0.15, 0.2) is 0 Å². The summed E-state index contributed by atoms with van der Waals surface area (Å²) in [6, 6.07) is 2.70. The zero-order chi connectivity index (χ0) is 16.5. The second kappa shape index (κ2) is 9.51. The van der Waals surface area contributed by atoms with E-state index in [1.807, 2.05) is 0 Å². The number of hydrogen-bond donors (Lipinski definition) is 0. The number of rotatable bonds is 7. The number of hydrogen-bond acceptors (Lipinski definition) is 1. The van der Waals surface area contributed by atoms with Crippen LogP contribution in [0.15, 0.2) is 12.2 Å². The van der Waals surface area contributed by atoms with E-state index in [9.17, 15) is 5.26 Å². The molecule has 23 heavy (non-hydrogen) atoms. The summed E-state index contributed by atoms with van der Waals surface area (Å²) in [6.07, 6.45) is 21.6. The molecule has 130 valence electrons. The minimum Gasteiger partial charge on any atom is -0.198 e. The van der Waals surface area contributed by atoms with Crippen LogP contribution < -0.4 is 0 Å². The van der Waals surface area contributed by atoms with E-state index in [-0.39, 0.29) is 5.41 Å². The molecule has 0 N–H and O–H groups in total. The van der Waals surface area contributed by atoms with Gasteiger partial charge in [-0.1, -0.05) is 51.2 Å². The van der Waals surface area contributed by atoms with Crippen LogP contribution in [0, 0.1) is 34.5 Å². The molecule has 0 radical (unpaired) electrons. The second-order valence-corrected chi connectivity index (χ2v) is 8.26. The van der Waals surface area contributed by atoms with Crippen molar-refractivity contribution in [1.82, 2.24) is 0 Å². The summed E-state index contributed by atoms with van der Waals surface area (Å²) in [5, 5.41) is 9.68. The van der Waals surface area contributed by atoms with Crippen LogP contribution in [0.4, 0.5) is 0 Å². The molecule has 0 unspecified atom stereocenters. The van der Waals surface area contributed by atoms with Gasteiger partial charge in [0.25, 0.3) is 0 Å². The average Bonchev–Trinajstić information content (AvgIpc) is 2.61. The lowest BCUT2D eigenvalue weighted by atomic mass is 9.63. The number of nitriles is 1. The highest BCUT2D eigenvalue weighted by Gasteiger charge is 2.38. The van der Waals surface area contributed by atoms with Crippen molar-refractivity contribution in [2.24, 2.45) is 23.2 Å². The Labute approximate surface area is 144 Å². The van der Waals surface area contributed by atoms with Crippen LogP contribution in [0.2, 0.25) is 0 Å². The topological polar surface area (TPSA) is 23.8 Å². The molecule has 0 heterocycles. The lowest BCUT2D eigenvalue weighted by molar-refractivity contribution is 0.116. The summed E-state index contributed by atoms with van der Waals surface area (Å²) in [6.45, 7) is 4.39. The van der Waals surface area contributed by atoms with Gasteiger partial charge in [-0.05, 0) is 76.0 Å². The molecule has 0 atom stereocenters. The molecular formula is C22H37N. The van der Waals surface area contributed by atoms with Crippen LogP contribution in [0.5, 0.6) is 0 Å². The van der Waals surface area contributed by atoms with E-state index < -0.39 is 0 Å². The summed E-state index contributed by atoms with van der Waals surface area (Å²) in [5.74, 6) is 2.92. The van der Waals surface area contributed by atoms with Crippen molar-refractivity contribution in [3.8, 4) is 6.07 Å². The van der Waals surface area contributed by atoms with E-state index in [1.54, 1.807) is 0 Å². The summed E-state index contributed by atoms with van der Waals surface area (Å²) >= 11 is 0. The fourth-order valence-electron chi connectivity index (χ4n) is 5.05. The Morgan fingerprint density at radius 3 is 2.26 bits per heavy atom. The van der Waals surface area contributed by atoms with Crippen molar-refractivity contribution < 1.29 is 0 Å². The molecule has 0 bridgehead atoms. The predicted octanol–water partition coefficient (Wildman–Crippen LogP) is 7.04. The van der Waals surface area contributed by atoms with Crippen molar-refractivity contribution in [3.05, 3.63) is 12.2 Å². The zero-order valence-corrected chi connectivity index (χ0v) is 15.5. The number of nitrogens with zero attached hydrogens (tertiary/aromatic N) is 1. The monoisotopic (exact) mass is 315 g/mol. The van der Waals surface area contributed by atoms with Crippen molar-refractivity contribution >= 4 is 0 Å². The fourth-order valence-corrected chi connectivity index (χ4v) is 5.05. The second-order valence-electron chi connectivity index (χ2n) is 8.26. The summed E-state index contributed by atoms with van der Waals surface area (Å²) in [7, 11) is 0. The third-order valence-corrected chi connectivity index (χ3v) is 6.77. The van der Waals surface area contributed by atoms with Gasteiger partial charge in [0, 0.05) is 0 Å². The third kappa shape index (κ3) is 5.37. The highest BCUT2D eigenvalue weighted by molar-refractivity contribution is 5.03. The van der Waals surface area contributed by atoms with Gasteiger partial charge in [0.1, 0.15) is 0 Å². The zero-order valence-electron chi connectivity index (χ0n) is 15.5. The first-order valence-corrected chi connectivity index (χ1v) is 10.3. The van der Waals surface area contributed by atoms with Crippen LogP contribution in [0.3, 0.4) is 0 Å². The summed E-state index contributed by atoms with van der Waals surface area (Å²) in [5.41, 5.74) is -0.00562. The molecule has 0 aliphatic heterocycles. The Balaban J connectivity index is 1.75. The highest BCUT2D eigenvalue weighted by Crippen LogP contribution is 2.47. The van der Waals surface area contributed by atoms with Gasteiger partial charge in [0.2, 0.25) is 0 Å². The molecule has 0 saturated heterocycles. The predicted molar refractivity (Wildman–Crippen MR) is 99.0 cm³/mol. The maximum Gasteiger partial charge on any atom is 0.0689 e. The van der Waals surface area contributed by atoms with Gasteiger partial charge < -0.3 is 0 Å². The van der Waals surface area contributed by atoms with Crippen LogP contribution in [-0.2, 0) is 0 Å². The van der Waals surface area contributed by atoms with Gasteiger partial charge in [-0.15, -0.1) is 0 Å². The molecule has 0 aromatic carbocycles. The maximum atomic E-state index is 9.68. The minimum atomic E-state index is -0.00562. The van der Waals surface area contributed by atoms with Crippen LogP contribution in [0.25, 0.3) is 0 Å². The SMILES string of the molecule is CC=CCCC1(C#N)CCC(C2CCC(CCCC)CC2)CC1. The van der Waals surface area contributed by atoms with Crippen molar-refractivity contribution in [3.63, 3.8) is 0 Å². The number of allylic oxidation sites excluding steroid dienone is 2. The Bertz CT molecular complexity index is 387. The molecule has 1 heteroatoms. The quantitative estimate of drug-likeness (QED) is 0.462. The minimum absolute atomic E-state index is 0.00562. The Morgan fingerprint density at radius 1 is 1.04 bits per heavy atom. The molecule has 2 rings (SSSR count). The molecule has 0 amide bonds. The molecule has 2 saturated carbocycles. The summed E-state index contributed by atoms with van der Waals surface area (Å²) in [4.78, 5) is 0. The van der Waals surface area contributed by atoms with Crippen LogP contribution in [-0.4, -0.2) is 0 Å². The van der Waals surface area contributed by atoms with Gasteiger partial charge in [-0.25, -0.2) is 0 Å². The average molecular weight is 316 g/mol. The standard InChI is InChI=1S/C22H37N/c1-3-5-7-15-22(18-23)16-13-21(14-17-22)20-11-9-19(10-12-20)8-6-4-2/h3,5,19-21H,4,6-17H2,1-2H3. The number of unbranched alkanes of at least 4 members (excludes halogenated alkanes) is 1. The smallest absolute Gasteiger partial charge is 0.0689 e. The Morgan fingerprint density at radius 2 is 1.70 bits per heavy atom. The normalized spacial score (nSPS) is 35.3. The third-order valence-electron chi connectivity index (χ3n) is 6.77. The van der Waals surface area contributed by atoms with Crippen molar-refractivity contribution in [2.45, 2.75) is 97.3 Å². The molecule has 1 nitrogen and oxygen atoms in total. The van der Waals surface area contributed by atoms with Gasteiger partial charge in [-0.3, -0.25) is 0 Å². The fraction of sp³-hybridized carbons (Fsp3) is 0.864. The molecule has 0 aromatic rings. The Hall–Kier alpha value is -0.770. The van der Waals surface area contributed by atoms with Gasteiger partial charge in [0.05, 0.1) is 11.5 Å². The van der Waals surface area contributed by atoms with Gasteiger partial charge >= 0.3 is 0 Å². The molecule has 2 aliphatic carbocycles. The summed E-state index contributed by atoms with van der Waals surface area (Å²) < 4.78 is 0. The van der Waals surface area contributed by atoms with E-state index >= 15 is 0 Å². The molecule has 0 aromatic heterocycles. The first-order chi connectivity index (χ1) is 11.2. The highest BCUT2D eigenvalue weighted by atomic mass is 14.4. The first kappa shape index (κ1) is 18.6. The largest absolute Gasteiger partial charge is 0.198 e. The lowest BCUT2D eigenvalue weighted by Crippen LogP contribution is -2.31. The molecule has 2 aliphatic rings. The van der Waals surface area contributed by atoms with E-state index in [0.717, 1.165) is 43.4 Å². The first-order valence-electron chi connectivity index (χ1n) is 10.3. The Kier molecular flexibility index (Phi) is 7.68. The van der Waals surface area contributed by atoms with E-state index in [1.165, 1.54) is 57.8 Å². The van der Waals surface area contributed by atoms with E-state index in [0.29, 0.717) is 0 Å². The molecule has 0 spiro atoms.